The first-order chi connectivity index (χ1) is 6.11. The quantitative estimate of drug-likeness (QED) is 0.682. The summed E-state index contributed by atoms with van der Waals surface area (Å²) in [6, 6.07) is -0.302. The molecular formula is C10H20FNO. The van der Waals surface area contributed by atoms with Gasteiger partial charge in [-0.05, 0) is 12.3 Å². The van der Waals surface area contributed by atoms with Crippen molar-refractivity contribution in [2.24, 2.45) is 5.92 Å². The van der Waals surface area contributed by atoms with Gasteiger partial charge in [0.15, 0.2) is 0 Å². The lowest BCUT2D eigenvalue weighted by molar-refractivity contribution is -0.120. The van der Waals surface area contributed by atoms with Crippen LogP contribution in [0, 0.1) is 5.92 Å². The smallest absolute Gasteiger partial charge is 0.217 e. The van der Waals surface area contributed by atoms with Crippen molar-refractivity contribution in [2.45, 2.75) is 46.1 Å². The second-order valence-electron chi connectivity index (χ2n) is 3.58. The number of rotatable bonds is 6. The molecule has 0 radical (unpaired) electrons. The van der Waals surface area contributed by atoms with E-state index >= 15 is 0 Å². The van der Waals surface area contributed by atoms with Crippen LogP contribution in [0.25, 0.3) is 0 Å². The van der Waals surface area contributed by atoms with E-state index in [1.165, 1.54) is 6.92 Å². The van der Waals surface area contributed by atoms with Crippen molar-refractivity contribution < 1.29 is 9.18 Å². The molecule has 0 aliphatic heterocycles. The standard InChI is InChI=1S/C10H20FNO/c1-4-5-6-8(2)10(7-11)12-9(3)13/h8,10H,4-7H2,1-3H3,(H,12,13). The van der Waals surface area contributed by atoms with Crippen LogP contribution < -0.4 is 5.32 Å². The van der Waals surface area contributed by atoms with Crippen LogP contribution in [0.4, 0.5) is 4.39 Å². The monoisotopic (exact) mass is 189 g/mol. The van der Waals surface area contributed by atoms with Crippen LogP contribution >= 0.6 is 0 Å². The van der Waals surface area contributed by atoms with Crippen LogP contribution in [0.15, 0.2) is 0 Å². The Morgan fingerprint density at radius 2 is 2.15 bits per heavy atom. The minimum absolute atomic E-state index is 0.147. The van der Waals surface area contributed by atoms with Gasteiger partial charge in [0, 0.05) is 6.92 Å². The van der Waals surface area contributed by atoms with Gasteiger partial charge in [-0.15, -0.1) is 0 Å². The zero-order valence-corrected chi connectivity index (χ0v) is 8.77. The number of hydrogen-bond acceptors (Lipinski definition) is 1. The summed E-state index contributed by atoms with van der Waals surface area (Å²) in [5.41, 5.74) is 0. The van der Waals surface area contributed by atoms with Crippen molar-refractivity contribution in [3.05, 3.63) is 0 Å². The molecule has 0 rings (SSSR count). The maximum absolute atomic E-state index is 12.5. The van der Waals surface area contributed by atoms with Gasteiger partial charge in [-0.1, -0.05) is 26.7 Å². The number of alkyl halides is 1. The summed E-state index contributed by atoms with van der Waals surface area (Å²) in [5.74, 6) is 0.0832. The van der Waals surface area contributed by atoms with Gasteiger partial charge in [-0.2, -0.15) is 0 Å². The second-order valence-corrected chi connectivity index (χ2v) is 3.58. The Bertz CT molecular complexity index is 150. The molecule has 2 atom stereocenters. The molecule has 0 heterocycles. The third-order valence-corrected chi connectivity index (χ3v) is 2.25. The first-order valence-corrected chi connectivity index (χ1v) is 4.94. The van der Waals surface area contributed by atoms with Crippen molar-refractivity contribution in [3.8, 4) is 0 Å². The molecule has 0 aromatic carbocycles. The Hall–Kier alpha value is -0.600. The van der Waals surface area contributed by atoms with E-state index in [2.05, 4.69) is 12.2 Å². The van der Waals surface area contributed by atoms with Crippen LogP contribution in [0.3, 0.4) is 0 Å². The van der Waals surface area contributed by atoms with Crippen molar-refractivity contribution in [2.75, 3.05) is 6.67 Å². The molecule has 0 spiro atoms. The SMILES string of the molecule is CCCCC(C)C(CF)NC(C)=O. The van der Waals surface area contributed by atoms with Crippen molar-refractivity contribution >= 4 is 5.91 Å². The predicted molar refractivity (Wildman–Crippen MR) is 52.3 cm³/mol. The molecule has 1 amide bonds. The van der Waals surface area contributed by atoms with Crippen LogP contribution in [0.1, 0.15) is 40.0 Å². The highest BCUT2D eigenvalue weighted by molar-refractivity contribution is 5.73. The van der Waals surface area contributed by atoms with Crippen molar-refractivity contribution in [1.29, 1.82) is 0 Å². The number of carbonyl (C=O) groups excluding carboxylic acids is 1. The first kappa shape index (κ1) is 12.4. The van der Waals surface area contributed by atoms with Gasteiger partial charge in [-0.3, -0.25) is 4.79 Å². The van der Waals surface area contributed by atoms with Crippen LogP contribution in [-0.2, 0) is 4.79 Å². The Balaban J connectivity index is 3.84. The minimum Gasteiger partial charge on any atom is -0.351 e. The fraction of sp³-hybridized carbons (Fsp3) is 0.900. The molecule has 3 heteroatoms. The summed E-state index contributed by atoms with van der Waals surface area (Å²) in [6.07, 6.45) is 3.19. The summed E-state index contributed by atoms with van der Waals surface area (Å²) < 4.78 is 12.5. The Kier molecular flexibility index (Phi) is 6.55. The van der Waals surface area contributed by atoms with Crippen molar-refractivity contribution in [1.82, 2.24) is 5.32 Å². The molecule has 0 fully saturated rings. The molecule has 0 aromatic heterocycles. The highest BCUT2D eigenvalue weighted by Crippen LogP contribution is 2.12. The summed E-state index contributed by atoms with van der Waals surface area (Å²) in [6.45, 7) is 5.05. The van der Waals surface area contributed by atoms with Crippen LogP contribution in [0.2, 0.25) is 0 Å². The summed E-state index contributed by atoms with van der Waals surface area (Å²) in [4.78, 5) is 10.7. The number of unbranched alkanes of at least 4 members (excludes halogenated alkanes) is 1. The van der Waals surface area contributed by atoms with E-state index in [1.54, 1.807) is 0 Å². The zero-order chi connectivity index (χ0) is 10.3. The molecule has 0 aromatic rings. The van der Waals surface area contributed by atoms with E-state index in [9.17, 15) is 9.18 Å². The highest BCUT2D eigenvalue weighted by Gasteiger charge is 2.16. The van der Waals surface area contributed by atoms with Crippen molar-refractivity contribution in [3.63, 3.8) is 0 Å². The predicted octanol–water partition coefficient (Wildman–Crippen LogP) is 2.29. The molecule has 78 valence electrons. The second kappa shape index (κ2) is 6.87. The Labute approximate surface area is 79.9 Å². The highest BCUT2D eigenvalue weighted by atomic mass is 19.1. The van der Waals surface area contributed by atoms with Gasteiger partial charge in [0.2, 0.25) is 5.91 Å². The van der Waals surface area contributed by atoms with Crippen LogP contribution in [-0.4, -0.2) is 18.6 Å². The zero-order valence-electron chi connectivity index (χ0n) is 8.77. The Morgan fingerprint density at radius 1 is 1.54 bits per heavy atom. The van der Waals surface area contributed by atoms with Gasteiger partial charge >= 0.3 is 0 Å². The van der Waals surface area contributed by atoms with E-state index < -0.39 is 6.67 Å². The van der Waals surface area contributed by atoms with E-state index in [4.69, 9.17) is 0 Å². The van der Waals surface area contributed by atoms with Gasteiger partial charge in [0.05, 0.1) is 6.04 Å². The lowest BCUT2D eigenvalue weighted by atomic mass is 9.96. The molecule has 0 bridgehead atoms. The molecule has 0 saturated carbocycles. The van der Waals surface area contributed by atoms with E-state index in [1.807, 2.05) is 6.92 Å². The van der Waals surface area contributed by atoms with Gasteiger partial charge in [0.25, 0.3) is 0 Å². The summed E-state index contributed by atoms with van der Waals surface area (Å²) in [7, 11) is 0. The van der Waals surface area contributed by atoms with Gasteiger partial charge < -0.3 is 5.32 Å². The maximum Gasteiger partial charge on any atom is 0.217 e. The molecule has 13 heavy (non-hydrogen) atoms. The lowest BCUT2D eigenvalue weighted by Gasteiger charge is -2.21. The number of carbonyl (C=O) groups is 1. The molecule has 0 saturated heterocycles. The largest absolute Gasteiger partial charge is 0.351 e. The van der Waals surface area contributed by atoms with E-state index in [-0.39, 0.29) is 17.9 Å². The first-order valence-electron chi connectivity index (χ1n) is 4.94. The molecule has 2 nitrogen and oxygen atoms in total. The molecule has 2 unspecified atom stereocenters. The average Bonchev–Trinajstić information content (AvgIpc) is 2.09. The lowest BCUT2D eigenvalue weighted by Crippen LogP contribution is -2.39. The number of amides is 1. The third kappa shape index (κ3) is 5.61. The number of hydrogen-bond donors (Lipinski definition) is 1. The third-order valence-electron chi connectivity index (χ3n) is 2.25. The molecular weight excluding hydrogens is 169 g/mol. The summed E-state index contributed by atoms with van der Waals surface area (Å²) in [5, 5.41) is 2.62. The topological polar surface area (TPSA) is 29.1 Å². The maximum atomic E-state index is 12.5. The average molecular weight is 189 g/mol. The minimum atomic E-state index is -0.468. The Morgan fingerprint density at radius 3 is 2.54 bits per heavy atom. The fourth-order valence-corrected chi connectivity index (χ4v) is 1.32. The normalized spacial score (nSPS) is 15.1. The fourth-order valence-electron chi connectivity index (χ4n) is 1.32. The summed E-state index contributed by atoms with van der Waals surface area (Å²) >= 11 is 0. The number of halogens is 1. The molecule has 0 aliphatic rings. The van der Waals surface area contributed by atoms with Crippen LogP contribution in [0.5, 0.6) is 0 Å². The number of nitrogens with one attached hydrogen (secondary N) is 1. The van der Waals surface area contributed by atoms with Gasteiger partial charge in [0.1, 0.15) is 6.67 Å². The van der Waals surface area contributed by atoms with E-state index in [0.717, 1.165) is 19.3 Å². The molecule has 0 aliphatic carbocycles. The van der Waals surface area contributed by atoms with E-state index in [0.29, 0.717) is 0 Å². The van der Waals surface area contributed by atoms with Gasteiger partial charge in [-0.25, -0.2) is 4.39 Å². The molecule has 1 N–H and O–H groups in total.